The molecule has 0 aliphatic heterocycles. The Labute approximate surface area is 145 Å². The van der Waals surface area contributed by atoms with Gasteiger partial charge >= 0.3 is 0 Å². The topological polar surface area (TPSA) is 72.2 Å². The van der Waals surface area contributed by atoms with E-state index in [9.17, 15) is 14.9 Å². The molecule has 5 nitrogen and oxygen atoms in total. The molecule has 1 atom stereocenters. The van der Waals surface area contributed by atoms with Gasteiger partial charge in [0.1, 0.15) is 0 Å². The van der Waals surface area contributed by atoms with E-state index >= 15 is 0 Å². The van der Waals surface area contributed by atoms with Crippen LogP contribution in [0.3, 0.4) is 0 Å². The lowest BCUT2D eigenvalue weighted by atomic mass is 10.1. The van der Waals surface area contributed by atoms with Crippen molar-refractivity contribution in [2.45, 2.75) is 26.0 Å². The molecule has 6 heteroatoms. The van der Waals surface area contributed by atoms with E-state index in [0.717, 1.165) is 22.4 Å². The monoisotopic (exact) mass is 344 g/mol. The smallest absolute Gasteiger partial charge is 0.269 e. The summed E-state index contributed by atoms with van der Waals surface area (Å²) in [5.41, 5.74) is 3.92. The third kappa shape index (κ3) is 4.58. The first-order valence-corrected chi connectivity index (χ1v) is 8.65. The standard InChI is InChI=1S/C18H20N2O3S/c1-12-6-4-9-17(13(12)2)19-18(21)11-24-14(3)15-7-5-8-16(10-15)20(22)23/h4-10,14H,11H2,1-3H3,(H,19,21)/t14-/m1/s1. The number of amides is 1. The van der Waals surface area contributed by atoms with Crippen LogP contribution in [0.5, 0.6) is 0 Å². The van der Waals surface area contributed by atoms with Gasteiger partial charge in [-0.15, -0.1) is 11.8 Å². The lowest BCUT2D eigenvalue weighted by molar-refractivity contribution is -0.384. The van der Waals surface area contributed by atoms with E-state index in [1.54, 1.807) is 12.1 Å². The Kier molecular flexibility index (Phi) is 5.98. The number of hydrogen-bond acceptors (Lipinski definition) is 4. The molecular formula is C18H20N2O3S. The number of anilines is 1. The van der Waals surface area contributed by atoms with Gasteiger partial charge in [0.15, 0.2) is 0 Å². The van der Waals surface area contributed by atoms with Gasteiger partial charge in [-0.2, -0.15) is 0 Å². The van der Waals surface area contributed by atoms with Gasteiger partial charge in [0.25, 0.3) is 5.69 Å². The molecule has 0 aliphatic carbocycles. The van der Waals surface area contributed by atoms with Crippen LogP contribution in [0.15, 0.2) is 42.5 Å². The highest BCUT2D eigenvalue weighted by molar-refractivity contribution is 8.00. The van der Waals surface area contributed by atoms with E-state index < -0.39 is 4.92 Å². The molecule has 0 radical (unpaired) electrons. The summed E-state index contributed by atoms with van der Waals surface area (Å²) in [6.45, 7) is 5.92. The summed E-state index contributed by atoms with van der Waals surface area (Å²) in [6.07, 6.45) is 0. The average molecular weight is 344 g/mol. The van der Waals surface area contributed by atoms with E-state index in [1.165, 1.54) is 17.8 Å². The summed E-state index contributed by atoms with van der Waals surface area (Å²) in [5, 5.41) is 13.8. The van der Waals surface area contributed by atoms with Crippen molar-refractivity contribution in [1.29, 1.82) is 0 Å². The van der Waals surface area contributed by atoms with E-state index in [4.69, 9.17) is 0 Å². The van der Waals surface area contributed by atoms with Gasteiger partial charge in [0.05, 0.1) is 10.7 Å². The maximum absolute atomic E-state index is 12.1. The summed E-state index contributed by atoms with van der Waals surface area (Å²) in [6, 6.07) is 12.3. The molecule has 0 unspecified atom stereocenters. The van der Waals surface area contributed by atoms with Crippen molar-refractivity contribution in [1.82, 2.24) is 0 Å². The van der Waals surface area contributed by atoms with Crippen LogP contribution in [0.4, 0.5) is 11.4 Å². The second-order valence-corrected chi connectivity index (χ2v) is 6.93. The molecule has 1 N–H and O–H groups in total. The number of rotatable bonds is 6. The average Bonchev–Trinajstić information content (AvgIpc) is 2.57. The van der Waals surface area contributed by atoms with Gasteiger partial charge in [-0.3, -0.25) is 14.9 Å². The molecule has 0 aliphatic rings. The molecular weight excluding hydrogens is 324 g/mol. The summed E-state index contributed by atoms with van der Waals surface area (Å²) in [5.74, 6) is 0.211. The number of thioether (sulfide) groups is 1. The van der Waals surface area contributed by atoms with Crippen molar-refractivity contribution in [2.75, 3.05) is 11.1 Å². The van der Waals surface area contributed by atoms with Crippen LogP contribution in [0, 0.1) is 24.0 Å². The molecule has 0 bridgehead atoms. The third-order valence-electron chi connectivity index (χ3n) is 3.89. The minimum absolute atomic E-state index is 0.00532. The first-order chi connectivity index (χ1) is 11.4. The lowest BCUT2D eigenvalue weighted by Gasteiger charge is -2.13. The second kappa shape index (κ2) is 7.97. The number of nitro groups is 1. The van der Waals surface area contributed by atoms with Crippen LogP contribution in [0.2, 0.25) is 0 Å². The molecule has 0 heterocycles. The number of aryl methyl sites for hydroxylation is 1. The fourth-order valence-electron chi connectivity index (χ4n) is 2.26. The number of hydrogen-bond donors (Lipinski definition) is 1. The Bertz CT molecular complexity index is 762. The number of nitro benzene ring substituents is 1. The number of nitrogens with zero attached hydrogens (tertiary/aromatic N) is 1. The van der Waals surface area contributed by atoms with Gasteiger partial charge < -0.3 is 5.32 Å². The number of non-ortho nitro benzene ring substituents is 1. The van der Waals surface area contributed by atoms with E-state index in [2.05, 4.69) is 5.32 Å². The molecule has 2 rings (SSSR count). The van der Waals surface area contributed by atoms with E-state index in [1.807, 2.05) is 45.0 Å². The number of carbonyl (C=O) groups is 1. The zero-order valence-electron chi connectivity index (χ0n) is 13.9. The van der Waals surface area contributed by atoms with Crippen LogP contribution < -0.4 is 5.32 Å². The van der Waals surface area contributed by atoms with Crippen molar-refractivity contribution < 1.29 is 9.72 Å². The summed E-state index contributed by atoms with van der Waals surface area (Å²) >= 11 is 1.45. The molecule has 1 amide bonds. The molecule has 24 heavy (non-hydrogen) atoms. The number of carbonyl (C=O) groups excluding carboxylic acids is 1. The molecule has 126 valence electrons. The Morgan fingerprint density at radius 1 is 1.25 bits per heavy atom. The molecule has 2 aromatic rings. The van der Waals surface area contributed by atoms with E-state index in [-0.39, 0.29) is 22.6 Å². The number of benzene rings is 2. The van der Waals surface area contributed by atoms with Crippen molar-refractivity contribution in [3.63, 3.8) is 0 Å². The minimum Gasteiger partial charge on any atom is -0.325 e. The largest absolute Gasteiger partial charge is 0.325 e. The zero-order valence-corrected chi connectivity index (χ0v) is 14.7. The SMILES string of the molecule is Cc1cccc(NC(=O)CS[C@H](C)c2cccc([N+](=O)[O-])c2)c1C. The highest BCUT2D eigenvalue weighted by Gasteiger charge is 2.13. The van der Waals surface area contributed by atoms with Crippen LogP contribution in [0.1, 0.15) is 28.9 Å². The molecule has 0 saturated heterocycles. The van der Waals surface area contributed by atoms with Crippen LogP contribution >= 0.6 is 11.8 Å². The minimum atomic E-state index is -0.409. The first-order valence-electron chi connectivity index (χ1n) is 7.60. The Morgan fingerprint density at radius 3 is 2.67 bits per heavy atom. The van der Waals surface area contributed by atoms with Gasteiger partial charge in [0.2, 0.25) is 5.91 Å². The predicted octanol–water partition coefficient (Wildman–Crippen LogP) is 4.64. The van der Waals surface area contributed by atoms with E-state index in [0.29, 0.717) is 0 Å². The van der Waals surface area contributed by atoms with Gasteiger partial charge in [-0.1, -0.05) is 24.3 Å². The maximum Gasteiger partial charge on any atom is 0.269 e. The second-order valence-electron chi connectivity index (χ2n) is 5.60. The molecule has 0 fully saturated rings. The normalized spacial score (nSPS) is 11.8. The first kappa shape index (κ1) is 18.0. The molecule has 0 spiro atoms. The number of nitrogens with one attached hydrogen (secondary N) is 1. The highest BCUT2D eigenvalue weighted by Crippen LogP contribution is 2.30. The fourth-order valence-corrected chi connectivity index (χ4v) is 3.07. The maximum atomic E-state index is 12.1. The lowest BCUT2D eigenvalue weighted by Crippen LogP contribution is -2.15. The van der Waals surface area contributed by atoms with Gasteiger partial charge in [0, 0.05) is 23.1 Å². The molecule has 0 aromatic heterocycles. The van der Waals surface area contributed by atoms with Crippen LogP contribution in [0.25, 0.3) is 0 Å². The molecule has 0 saturated carbocycles. The van der Waals surface area contributed by atoms with Gasteiger partial charge in [-0.05, 0) is 43.5 Å². The quantitative estimate of drug-likeness (QED) is 0.612. The highest BCUT2D eigenvalue weighted by atomic mass is 32.2. The predicted molar refractivity (Wildman–Crippen MR) is 98.5 cm³/mol. The Hall–Kier alpha value is -2.34. The summed E-state index contributed by atoms with van der Waals surface area (Å²) < 4.78 is 0. The van der Waals surface area contributed by atoms with Crippen molar-refractivity contribution in [2.24, 2.45) is 0 Å². The summed E-state index contributed by atoms with van der Waals surface area (Å²) in [4.78, 5) is 22.6. The van der Waals surface area contributed by atoms with Crippen LogP contribution in [-0.2, 0) is 4.79 Å². The van der Waals surface area contributed by atoms with Crippen molar-refractivity contribution >= 4 is 29.0 Å². The van der Waals surface area contributed by atoms with Crippen molar-refractivity contribution in [3.8, 4) is 0 Å². The Morgan fingerprint density at radius 2 is 1.96 bits per heavy atom. The molecule has 2 aromatic carbocycles. The third-order valence-corrected chi connectivity index (χ3v) is 5.09. The summed E-state index contributed by atoms with van der Waals surface area (Å²) in [7, 11) is 0. The van der Waals surface area contributed by atoms with Gasteiger partial charge in [-0.25, -0.2) is 0 Å². The van der Waals surface area contributed by atoms with Crippen LogP contribution in [-0.4, -0.2) is 16.6 Å². The zero-order chi connectivity index (χ0) is 17.7. The fraction of sp³-hybridized carbons (Fsp3) is 0.278. The Balaban J connectivity index is 1.95. The van der Waals surface area contributed by atoms with Crippen molar-refractivity contribution in [3.05, 3.63) is 69.3 Å².